The van der Waals surface area contributed by atoms with Crippen molar-refractivity contribution < 1.29 is 13.2 Å². The Balaban J connectivity index is 1.74. The minimum Gasteiger partial charge on any atom is -0.294 e. The molecule has 0 aromatic heterocycles. The summed E-state index contributed by atoms with van der Waals surface area (Å²) in [6, 6.07) is 17.2. The molecule has 0 N–H and O–H groups in total. The van der Waals surface area contributed by atoms with Crippen LogP contribution in [0.2, 0.25) is 0 Å². The van der Waals surface area contributed by atoms with Crippen molar-refractivity contribution in [2.75, 3.05) is 13.1 Å². The molecule has 0 aliphatic carbocycles. The number of piperidine rings is 1. The molecule has 1 fully saturated rings. The second-order valence-electron chi connectivity index (χ2n) is 6.02. The first kappa shape index (κ1) is 17.3. The smallest absolute Gasteiger partial charge is 0.244 e. The summed E-state index contributed by atoms with van der Waals surface area (Å²) in [5.41, 5.74) is 0.809. The fourth-order valence-electron chi connectivity index (χ4n) is 3.12. The largest absolute Gasteiger partial charge is 0.294 e. The van der Waals surface area contributed by atoms with Gasteiger partial charge in [0.15, 0.2) is 5.78 Å². The predicted molar refractivity (Wildman–Crippen MR) is 93.4 cm³/mol. The maximum atomic E-state index is 12.8. The summed E-state index contributed by atoms with van der Waals surface area (Å²) in [7, 11) is -3.72. The van der Waals surface area contributed by atoms with Crippen LogP contribution in [0.1, 0.15) is 28.8 Å². The molecule has 128 valence electrons. The van der Waals surface area contributed by atoms with Gasteiger partial charge in [-0.3, -0.25) is 4.79 Å². The third-order valence-electron chi connectivity index (χ3n) is 4.51. The third-order valence-corrected chi connectivity index (χ3v) is 6.47. The number of sulfonamides is 1. The molecule has 6 heteroatoms. The van der Waals surface area contributed by atoms with Crippen LogP contribution in [-0.4, -0.2) is 31.6 Å². The predicted octanol–water partition coefficient (Wildman–Crippen LogP) is 2.84. The van der Waals surface area contributed by atoms with Crippen molar-refractivity contribution in [1.29, 1.82) is 5.26 Å². The Morgan fingerprint density at radius 1 is 1.00 bits per heavy atom. The van der Waals surface area contributed by atoms with E-state index in [1.165, 1.54) is 16.4 Å². The lowest BCUT2D eigenvalue weighted by atomic mass is 9.90. The summed E-state index contributed by atoms with van der Waals surface area (Å²) in [5.74, 6) is -0.102. The van der Waals surface area contributed by atoms with E-state index in [0.29, 0.717) is 18.4 Å². The molecular weight excluding hydrogens is 336 g/mol. The molecule has 1 aliphatic heterocycles. The molecule has 5 nitrogen and oxygen atoms in total. The van der Waals surface area contributed by atoms with Crippen LogP contribution >= 0.6 is 0 Å². The number of carbonyl (C=O) groups excluding carboxylic acids is 1. The second kappa shape index (κ2) is 7.18. The minimum absolute atomic E-state index is 0.0327. The number of nitriles is 1. The summed E-state index contributed by atoms with van der Waals surface area (Å²) < 4.78 is 27.0. The lowest BCUT2D eigenvalue weighted by molar-refractivity contribution is 0.0875. The highest BCUT2D eigenvalue weighted by atomic mass is 32.2. The first-order valence-electron chi connectivity index (χ1n) is 8.12. The standard InChI is InChI=1S/C19H18N2O3S/c20-14-17-8-4-5-9-18(17)25(23,24)21-12-10-16(11-13-21)19(22)15-6-2-1-3-7-15/h1-9,16H,10-13H2. The van der Waals surface area contributed by atoms with Gasteiger partial charge in [-0.25, -0.2) is 8.42 Å². The fourth-order valence-corrected chi connectivity index (χ4v) is 4.73. The topological polar surface area (TPSA) is 78.2 Å². The van der Waals surface area contributed by atoms with E-state index in [4.69, 9.17) is 5.26 Å². The molecule has 2 aromatic carbocycles. The molecule has 0 atom stereocenters. The van der Waals surface area contributed by atoms with Crippen LogP contribution in [-0.2, 0) is 10.0 Å². The number of nitrogens with zero attached hydrogens (tertiary/aromatic N) is 2. The van der Waals surface area contributed by atoms with E-state index >= 15 is 0 Å². The summed E-state index contributed by atoms with van der Waals surface area (Å²) >= 11 is 0. The maximum Gasteiger partial charge on any atom is 0.244 e. The number of benzene rings is 2. The zero-order chi connectivity index (χ0) is 17.9. The molecule has 25 heavy (non-hydrogen) atoms. The molecule has 2 aromatic rings. The molecule has 3 rings (SSSR count). The van der Waals surface area contributed by atoms with Crippen molar-refractivity contribution in [3.63, 3.8) is 0 Å². The molecule has 0 amide bonds. The molecule has 0 bridgehead atoms. The molecule has 1 heterocycles. The summed E-state index contributed by atoms with van der Waals surface area (Å²) in [6.07, 6.45) is 0.976. The SMILES string of the molecule is N#Cc1ccccc1S(=O)(=O)N1CCC(C(=O)c2ccccc2)CC1. The number of hydrogen-bond donors (Lipinski definition) is 0. The van der Waals surface area contributed by atoms with Crippen LogP contribution in [0.5, 0.6) is 0 Å². The zero-order valence-corrected chi connectivity index (χ0v) is 14.4. The van der Waals surface area contributed by atoms with Crippen molar-refractivity contribution in [1.82, 2.24) is 4.31 Å². The highest BCUT2D eigenvalue weighted by molar-refractivity contribution is 7.89. The number of ketones is 1. The molecule has 0 saturated carbocycles. The van der Waals surface area contributed by atoms with Gasteiger partial charge in [-0.1, -0.05) is 42.5 Å². The Bertz CT molecular complexity index is 909. The first-order chi connectivity index (χ1) is 12.0. The average Bonchev–Trinajstić information content (AvgIpc) is 2.68. The number of carbonyl (C=O) groups is 1. The van der Waals surface area contributed by atoms with Crippen molar-refractivity contribution in [3.8, 4) is 6.07 Å². The summed E-state index contributed by atoms with van der Waals surface area (Å²) in [5, 5.41) is 9.14. The van der Waals surface area contributed by atoms with E-state index < -0.39 is 10.0 Å². The highest BCUT2D eigenvalue weighted by Gasteiger charge is 2.33. The molecule has 1 aliphatic rings. The minimum atomic E-state index is -3.72. The second-order valence-corrected chi connectivity index (χ2v) is 7.92. The van der Waals surface area contributed by atoms with E-state index in [1.54, 1.807) is 24.3 Å². The van der Waals surface area contributed by atoms with Crippen LogP contribution in [0.15, 0.2) is 59.5 Å². The Labute approximate surface area is 147 Å². The normalized spacial score (nSPS) is 16.3. The molecule has 0 radical (unpaired) electrons. The lowest BCUT2D eigenvalue weighted by Crippen LogP contribution is -2.40. The Hall–Kier alpha value is -2.49. The van der Waals surface area contributed by atoms with Crippen LogP contribution in [0, 0.1) is 17.2 Å². The number of Topliss-reactive ketones (excluding diaryl/α,β-unsaturated/α-hetero) is 1. The van der Waals surface area contributed by atoms with Crippen molar-refractivity contribution in [2.45, 2.75) is 17.7 Å². The van der Waals surface area contributed by atoms with E-state index in [0.717, 1.165) is 0 Å². The fraction of sp³-hybridized carbons (Fsp3) is 0.263. The number of rotatable bonds is 4. The van der Waals surface area contributed by atoms with Gasteiger partial charge in [-0.15, -0.1) is 0 Å². The molecule has 0 spiro atoms. The Kier molecular flexibility index (Phi) is 4.98. The van der Waals surface area contributed by atoms with Crippen molar-refractivity contribution in [2.24, 2.45) is 5.92 Å². The van der Waals surface area contributed by atoms with Gasteiger partial charge in [0.2, 0.25) is 10.0 Å². The third kappa shape index (κ3) is 3.48. The van der Waals surface area contributed by atoms with Gasteiger partial charge in [0.05, 0.1) is 10.5 Å². The van der Waals surface area contributed by atoms with Gasteiger partial charge in [-0.2, -0.15) is 9.57 Å². The van der Waals surface area contributed by atoms with Gasteiger partial charge in [0, 0.05) is 24.6 Å². The van der Waals surface area contributed by atoms with Crippen LogP contribution < -0.4 is 0 Å². The molecule has 0 unspecified atom stereocenters. The zero-order valence-electron chi connectivity index (χ0n) is 13.6. The quantitative estimate of drug-likeness (QED) is 0.791. The Morgan fingerprint density at radius 3 is 2.24 bits per heavy atom. The molecular formula is C19H18N2O3S. The Morgan fingerprint density at radius 2 is 1.60 bits per heavy atom. The van der Waals surface area contributed by atoms with Gasteiger partial charge >= 0.3 is 0 Å². The van der Waals surface area contributed by atoms with Crippen LogP contribution in [0.25, 0.3) is 0 Å². The van der Waals surface area contributed by atoms with Gasteiger partial charge in [0.1, 0.15) is 6.07 Å². The maximum absolute atomic E-state index is 12.8. The highest BCUT2D eigenvalue weighted by Crippen LogP contribution is 2.27. The lowest BCUT2D eigenvalue weighted by Gasteiger charge is -2.30. The summed E-state index contributed by atoms with van der Waals surface area (Å²) in [6.45, 7) is 0.566. The average molecular weight is 354 g/mol. The van der Waals surface area contributed by atoms with Crippen LogP contribution in [0.3, 0.4) is 0 Å². The summed E-state index contributed by atoms with van der Waals surface area (Å²) in [4.78, 5) is 12.5. The molecule has 1 saturated heterocycles. The first-order valence-corrected chi connectivity index (χ1v) is 9.56. The van der Waals surface area contributed by atoms with Gasteiger partial charge in [0.25, 0.3) is 0 Å². The monoisotopic (exact) mass is 354 g/mol. The van der Waals surface area contributed by atoms with Gasteiger partial charge in [-0.05, 0) is 25.0 Å². The number of hydrogen-bond acceptors (Lipinski definition) is 4. The van der Waals surface area contributed by atoms with Crippen molar-refractivity contribution >= 4 is 15.8 Å². The van der Waals surface area contributed by atoms with E-state index in [-0.39, 0.29) is 35.2 Å². The van der Waals surface area contributed by atoms with E-state index in [2.05, 4.69) is 0 Å². The van der Waals surface area contributed by atoms with Crippen LogP contribution in [0.4, 0.5) is 0 Å². The van der Waals surface area contributed by atoms with Gasteiger partial charge < -0.3 is 0 Å². The van der Waals surface area contributed by atoms with Crippen molar-refractivity contribution in [3.05, 3.63) is 65.7 Å². The van der Waals surface area contributed by atoms with E-state index in [1.807, 2.05) is 24.3 Å². The van der Waals surface area contributed by atoms with E-state index in [9.17, 15) is 13.2 Å².